The lowest BCUT2D eigenvalue weighted by Gasteiger charge is -2.06. The Morgan fingerprint density at radius 1 is 1.25 bits per heavy atom. The van der Waals surface area contributed by atoms with Crippen LogP contribution in [0.3, 0.4) is 0 Å². The van der Waals surface area contributed by atoms with Gasteiger partial charge in [0, 0.05) is 10.1 Å². The summed E-state index contributed by atoms with van der Waals surface area (Å²) in [5.41, 5.74) is 0.534. The summed E-state index contributed by atoms with van der Waals surface area (Å²) in [6, 6.07) is 3.97. The minimum atomic E-state index is -4.25. The van der Waals surface area contributed by atoms with Crippen molar-refractivity contribution in [2.75, 3.05) is 0 Å². The van der Waals surface area contributed by atoms with Gasteiger partial charge in [0.05, 0.1) is 5.56 Å². The number of halogens is 3. The van der Waals surface area contributed by atoms with Gasteiger partial charge >= 0.3 is 6.18 Å². The molecular weight excluding hydrogens is 233 g/mol. The van der Waals surface area contributed by atoms with E-state index in [4.69, 9.17) is 0 Å². The fraction of sp³-hybridized carbons (Fsp3) is 0.333. The molecular formula is C12H8F3S. The molecule has 1 fully saturated rings. The summed E-state index contributed by atoms with van der Waals surface area (Å²) in [5, 5.41) is 4.07. The second-order valence-electron chi connectivity index (χ2n) is 4.10. The normalized spacial score (nSPS) is 16.9. The highest BCUT2D eigenvalue weighted by molar-refractivity contribution is 7.16. The third-order valence-electron chi connectivity index (χ3n) is 2.86. The standard InChI is InChI=1S/C12H8F3S/c13-12(14,15)8-3-4-9-10(7-1-2-7)6-16-11(9)5-8/h3-5,7H,1-2H2. The minimum absolute atomic E-state index is 0.533. The number of hydrogen-bond acceptors (Lipinski definition) is 1. The van der Waals surface area contributed by atoms with E-state index in [1.807, 2.05) is 0 Å². The highest BCUT2D eigenvalue weighted by Crippen LogP contribution is 2.45. The van der Waals surface area contributed by atoms with Crippen molar-refractivity contribution >= 4 is 21.4 Å². The number of hydrogen-bond donors (Lipinski definition) is 0. The molecule has 1 aliphatic rings. The van der Waals surface area contributed by atoms with Crippen molar-refractivity contribution in [1.82, 2.24) is 0 Å². The molecule has 4 heteroatoms. The van der Waals surface area contributed by atoms with Gasteiger partial charge in [-0.15, -0.1) is 11.3 Å². The molecule has 0 nitrogen and oxygen atoms in total. The highest BCUT2D eigenvalue weighted by atomic mass is 32.1. The number of benzene rings is 1. The van der Waals surface area contributed by atoms with Crippen LogP contribution in [0.4, 0.5) is 13.2 Å². The molecule has 1 aromatic carbocycles. The fourth-order valence-electron chi connectivity index (χ4n) is 1.85. The average Bonchev–Trinajstić information content (AvgIpc) is 2.96. The van der Waals surface area contributed by atoms with E-state index in [9.17, 15) is 13.2 Å². The Bertz CT molecular complexity index is 535. The lowest BCUT2D eigenvalue weighted by molar-refractivity contribution is -0.137. The summed E-state index contributed by atoms with van der Waals surface area (Å²) in [6.07, 6.45) is -1.97. The molecule has 0 spiro atoms. The SMILES string of the molecule is FC(F)(F)c1ccc2c(C3CC3)[c]sc2c1. The average molecular weight is 241 g/mol. The predicted molar refractivity (Wildman–Crippen MR) is 57.6 cm³/mol. The van der Waals surface area contributed by atoms with Crippen molar-refractivity contribution in [3.63, 3.8) is 0 Å². The zero-order valence-electron chi connectivity index (χ0n) is 8.27. The van der Waals surface area contributed by atoms with Gasteiger partial charge < -0.3 is 0 Å². The zero-order valence-corrected chi connectivity index (χ0v) is 9.08. The molecule has 0 bridgehead atoms. The maximum atomic E-state index is 12.5. The first kappa shape index (κ1) is 10.1. The summed E-state index contributed by atoms with van der Waals surface area (Å²) < 4.78 is 38.2. The maximum absolute atomic E-state index is 12.5. The Kier molecular flexibility index (Phi) is 2.05. The molecule has 0 amide bonds. The summed E-state index contributed by atoms with van der Waals surface area (Å²) in [7, 11) is 0. The summed E-state index contributed by atoms with van der Waals surface area (Å²) in [6.45, 7) is 0. The van der Waals surface area contributed by atoms with E-state index >= 15 is 0 Å². The molecule has 3 rings (SSSR count). The third kappa shape index (κ3) is 1.61. The van der Waals surface area contributed by atoms with Crippen molar-refractivity contribution in [3.05, 3.63) is 34.7 Å². The lowest BCUT2D eigenvalue weighted by atomic mass is 10.1. The van der Waals surface area contributed by atoms with E-state index in [0.717, 1.165) is 29.9 Å². The molecule has 2 aromatic rings. The molecule has 0 saturated heterocycles. The van der Waals surface area contributed by atoms with Gasteiger partial charge in [0.25, 0.3) is 0 Å². The van der Waals surface area contributed by atoms with Gasteiger partial charge in [-0.2, -0.15) is 13.2 Å². The minimum Gasteiger partial charge on any atom is -0.166 e. The van der Waals surface area contributed by atoms with Crippen LogP contribution in [-0.4, -0.2) is 0 Å². The molecule has 1 aromatic heterocycles. The first-order valence-corrected chi connectivity index (χ1v) is 5.88. The second kappa shape index (κ2) is 3.23. The van der Waals surface area contributed by atoms with Gasteiger partial charge in [0.15, 0.2) is 0 Å². The summed E-state index contributed by atoms with van der Waals surface area (Å²) in [4.78, 5) is 0. The Hall–Kier alpha value is -1.03. The smallest absolute Gasteiger partial charge is 0.166 e. The predicted octanol–water partition coefficient (Wildman–Crippen LogP) is 4.60. The topological polar surface area (TPSA) is 0 Å². The van der Waals surface area contributed by atoms with Crippen LogP contribution < -0.4 is 0 Å². The van der Waals surface area contributed by atoms with Crippen molar-refractivity contribution in [3.8, 4) is 0 Å². The molecule has 1 aliphatic carbocycles. The maximum Gasteiger partial charge on any atom is 0.416 e. The van der Waals surface area contributed by atoms with E-state index in [0.29, 0.717) is 10.6 Å². The van der Waals surface area contributed by atoms with E-state index in [1.165, 1.54) is 17.4 Å². The Morgan fingerprint density at radius 3 is 2.62 bits per heavy atom. The van der Waals surface area contributed by atoms with Crippen LogP contribution in [0.15, 0.2) is 18.2 Å². The monoisotopic (exact) mass is 241 g/mol. The van der Waals surface area contributed by atoms with Gasteiger partial charge in [-0.3, -0.25) is 0 Å². The molecule has 0 N–H and O–H groups in total. The van der Waals surface area contributed by atoms with Crippen LogP contribution in [0.2, 0.25) is 0 Å². The molecule has 0 atom stereocenters. The largest absolute Gasteiger partial charge is 0.416 e. The van der Waals surface area contributed by atoms with E-state index < -0.39 is 11.7 Å². The van der Waals surface area contributed by atoms with E-state index in [2.05, 4.69) is 5.38 Å². The van der Waals surface area contributed by atoms with Crippen LogP contribution in [-0.2, 0) is 6.18 Å². The van der Waals surface area contributed by atoms with Gasteiger partial charge in [-0.05, 0) is 41.8 Å². The van der Waals surface area contributed by atoms with Crippen molar-refractivity contribution < 1.29 is 13.2 Å². The molecule has 16 heavy (non-hydrogen) atoms. The summed E-state index contributed by atoms with van der Waals surface area (Å²) >= 11 is 1.29. The van der Waals surface area contributed by atoms with Crippen LogP contribution in [0, 0.1) is 5.38 Å². The van der Waals surface area contributed by atoms with E-state index in [-0.39, 0.29) is 0 Å². The first-order valence-electron chi connectivity index (χ1n) is 5.07. The van der Waals surface area contributed by atoms with Crippen LogP contribution >= 0.6 is 11.3 Å². The van der Waals surface area contributed by atoms with Gasteiger partial charge in [-0.25, -0.2) is 0 Å². The molecule has 0 aliphatic heterocycles. The van der Waals surface area contributed by atoms with Crippen LogP contribution in [0.1, 0.15) is 29.9 Å². The molecule has 1 heterocycles. The molecule has 1 saturated carbocycles. The number of thiophene rings is 1. The Morgan fingerprint density at radius 2 is 2.00 bits per heavy atom. The highest BCUT2D eigenvalue weighted by Gasteiger charge is 2.32. The van der Waals surface area contributed by atoms with E-state index in [1.54, 1.807) is 6.07 Å². The number of fused-ring (bicyclic) bond motifs is 1. The van der Waals surface area contributed by atoms with Gasteiger partial charge in [0.1, 0.15) is 0 Å². The van der Waals surface area contributed by atoms with Crippen molar-refractivity contribution in [1.29, 1.82) is 0 Å². The Labute approximate surface area is 94.7 Å². The molecule has 0 unspecified atom stereocenters. The van der Waals surface area contributed by atoms with Crippen molar-refractivity contribution in [2.45, 2.75) is 24.9 Å². The molecule has 83 valence electrons. The van der Waals surface area contributed by atoms with Crippen LogP contribution in [0.5, 0.6) is 0 Å². The first-order chi connectivity index (χ1) is 7.55. The lowest BCUT2D eigenvalue weighted by Crippen LogP contribution is -2.03. The second-order valence-corrected chi connectivity index (χ2v) is 4.95. The number of alkyl halides is 3. The third-order valence-corrected chi connectivity index (χ3v) is 3.74. The van der Waals surface area contributed by atoms with Gasteiger partial charge in [0.2, 0.25) is 0 Å². The van der Waals surface area contributed by atoms with Crippen molar-refractivity contribution in [2.24, 2.45) is 0 Å². The fourth-order valence-corrected chi connectivity index (χ4v) is 2.82. The number of rotatable bonds is 1. The van der Waals surface area contributed by atoms with Crippen LogP contribution in [0.25, 0.3) is 10.1 Å². The quantitative estimate of drug-likeness (QED) is 0.684. The van der Waals surface area contributed by atoms with Gasteiger partial charge in [-0.1, -0.05) is 6.07 Å². The molecule has 1 radical (unpaired) electrons. The Balaban J connectivity index is 2.13. The summed E-state index contributed by atoms with van der Waals surface area (Å²) in [5.74, 6) is 0.533. The zero-order chi connectivity index (χ0) is 11.3.